The van der Waals surface area contributed by atoms with Crippen LogP contribution in [0.15, 0.2) is 71.8 Å². The fourth-order valence-electron chi connectivity index (χ4n) is 2.63. The average Bonchev–Trinajstić information content (AvgIpc) is 2.75. The number of nitrogens with zero attached hydrogens (tertiary/aromatic N) is 1. The Hall–Kier alpha value is -3.68. The maximum absolute atomic E-state index is 12.5. The summed E-state index contributed by atoms with van der Waals surface area (Å²) in [5, 5.41) is 7.19. The molecule has 2 amide bonds. The molecule has 0 aliphatic carbocycles. The highest BCUT2D eigenvalue weighted by Crippen LogP contribution is 2.24. The van der Waals surface area contributed by atoms with Crippen molar-refractivity contribution in [1.82, 2.24) is 5.43 Å². The zero-order chi connectivity index (χ0) is 23.1. The minimum absolute atomic E-state index is 0.192. The zero-order valence-corrected chi connectivity index (χ0v) is 18.3. The molecule has 0 fully saturated rings. The van der Waals surface area contributed by atoms with E-state index in [9.17, 15) is 14.4 Å². The lowest BCUT2D eigenvalue weighted by Crippen LogP contribution is -2.18. The number of nitrogens with one attached hydrogen (secondary N) is 2. The third-order valence-corrected chi connectivity index (χ3v) is 4.67. The van der Waals surface area contributed by atoms with Gasteiger partial charge in [-0.3, -0.25) is 9.59 Å². The normalized spacial score (nSPS) is 10.6. The number of halogens is 2. The number of esters is 1. The molecule has 0 aromatic heterocycles. The predicted molar refractivity (Wildman–Crippen MR) is 124 cm³/mol. The minimum Gasteiger partial charge on any atom is -0.422 e. The van der Waals surface area contributed by atoms with E-state index in [1.807, 2.05) is 0 Å². The van der Waals surface area contributed by atoms with E-state index in [0.717, 1.165) is 0 Å². The Morgan fingerprint density at radius 2 is 1.69 bits per heavy atom. The molecule has 162 valence electrons. The maximum atomic E-state index is 12.5. The van der Waals surface area contributed by atoms with Crippen LogP contribution >= 0.6 is 23.2 Å². The number of benzene rings is 3. The topological polar surface area (TPSA) is 96.9 Å². The standard InChI is InChI=1S/C23H17Cl2N3O4/c1-14(29)27-18-9-6-15(7-10-18)22(30)28-26-13-16-12-17(24)8-11-21(16)32-23(31)19-4-2-3-5-20(19)25/h2-13H,1H3,(H,27,29)(H,28,30)/b26-13+. The summed E-state index contributed by atoms with van der Waals surface area (Å²) in [4.78, 5) is 35.8. The summed E-state index contributed by atoms with van der Waals surface area (Å²) in [6, 6.07) is 17.4. The Balaban J connectivity index is 1.71. The Kier molecular flexibility index (Phi) is 7.59. The van der Waals surface area contributed by atoms with Gasteiger partial charge in [-0.15, -0.1) is 0 Å². The van der Waals surface area contributed by atoms with E-state index in [2.05, 4.69) is 15.8 Å². The Morgan fingerprint density at radius 1 is 0.969 bits per heavy atom. The van der Waals surface area contributed by atoms with E-state index >= 15 is 0 Å². The van der Waals surface area contributed by atoms with Crippen LogP contribution in [-0.4, -0.2) is 24.0 Å². The van der Waals surface area contributed by atoms with Gasteiger partial charge < -0.3 is 10.1 Å². The van der Waals surface area contributed by atoms with Crippen molar-refractivity contribution in [2.45, 2.75) is 6.92 Å². The second-order valence-electron chi connectivity index (χ2n) is 6.51. The third-order valence-electron chi connectivity index (χ3n) is 4.11. The summed E-state index contributed by atoms with van der Waals surface area (Å²) in [5.74, 6) is -1.13. The van der Waals surface area contributed by atoms with Crippen molar-refractivity contribution in [2.24, 2.45) is 5.10 Å². The van der Waals surface area contributed by atoms with E-state index in [-0.39, 0.29) is 22.2 Å². The largest absolute Gasteiger partial charge is 0.422 e. The predicted octanol–water partition coefficient (Wildman–Crippen LogP) is 4.93. The highest BCUT2D eigenvalue weighted by atomic mass is 35.5. The van der Waals surface area contributed by atoms with E-state index in [1.54, 1.807) is 54.6 Å². The molecule has 0 spiro atoms. The van der Waals surface area contributed by atoms with Gasteiger partial charge in [-0.1, -0.05) is 35.3 Å². The van der Waals surface area contributed by atoms with E-state index in [1.165, 1.54) is 25.3 Å². The summed E-state index contributed by atoms with van der Waals surface area (Å²) in [6.45, 7) is 1.39. The van der Waals surface area contributed by atoms with Crippen LogP contribution < -0.4 is 15.5 Å². The number of hydrogen-bond donors (Lipinski definition) is 2. The molecular formula is C23H17Cl2N3O4. The molecule has 0 atom stereocenters. The molecule has 9 heteroatoms. The molecule has 0 saturated carbocycles. The van der Waals surface area contributed by atoms with Crippen molar-refractivity contribution in [3.8, 4) is 5.75 Å². The van der Waals surface area contributed by atoms with Crippen LogP contribution in [0, 0.1) is 0 Å². The van der Waals surface area contributed by atoms with Crippen LogP contribution in [0.5, 0.6) is 5.75 Å². The highest BCUT2D eigenvalue weighted by Gasteiger charge is 2.14. The van der Waals surface area contributed by atoms with Gasteiger partial charge in [0, 0.05) is 28.8 Å². The number of carbonyl (C=O) groups is 3. The van der Waals surface area contributed by atoms with Crippen LogP contribution in [0.3, 0.4) is 0 Å². The fourth-order valence-corrected chi connectivity index (χ4v) is 3.02. The number of carbonyl (C=O) groups excluding carboxylic acids is 3. The van der Waals surface area contributed by atoms with E-state index in [0.29, 0.717) is 21.8 Å². The number of ether oxygens (including phenoxy) is 1. The summed E-state index contributed by atoms with van der Waals surface area (Å²) in [6.07, 6.45) is 1.31. The quantitative estimate of drug-likeness (QED) is 0.231. The second-order valence-corrected chi connectivity index (χ2v) is 7.35. The fraction of sp³-hybridized carbons (Fsp3) is 0.0435. The van der Waals surface area contributed by atoms with Gasteiger partial charge in [0.1, 0.15) is 5.75 Å². The van der Waals surface area contributed by atoms with Gasteiger partial charge >= 0.3 is 5.97 Å². The van der Waals surface area contributed by atoms with Crippen LogP contribution in [0.1, 0.15) is 33.2 Å². The monoisotopic (exact) mass is 469 g/mol. The first kappa shape index (κ1) is 23.0. The molecule has 7 nitrogen and oxygen atoms in total. The first-order valence-electron chi connectivity index (χ1n) is 9.31. The number of hydrogen-bond acceptors (Lipinski definition) is 5. The molecule has 0 bridgehead atoms. The molecule has 32 heavy (non-hydrogen) atoms. The Morgan fingerprint density at radius 3 is 2.38 bits per heavy atom. The van der Waals surface area contributed by atoms with Crippen molar-refractivity contribution in [2.75, 3.05) is 5.32 Å². The summed E-state index contributed by atoms with van der Waals surface area (Å²) in [5.41, 5.74) is 3.88. The molecule has 3 aromatic rings. The zero-order valence-electron chi connectivity index (χ0n) is 16.8. The summed E-state index contributed by atoms with van der Waals surface area (Å²) < 4.78 is 5.43. The van der Waals surface area contributed by atoms with Crippen molar-refractivity contribution in [3.05, 3.63) is 93.5 Å². The Bertz CT molecular complexity index is 1190. The first-order chi connectivity index (χ1) is 15.3. The van der Waals surface area contributed by atoms with E-state index < -0.39 is 11.9 Å². The number of amides is 2. The van der Waals surface area contributed by atoms with Crippen LogP contribution in [0.2, 0.25) is 10.0 Å². The Labute approximate surface area is 194 Å². The lowest BCUT2D eigenvalue weighted by molar-refractivity contribution is -0.114. The van der Waals surface area contributed by atoms with Crippen LogP contribution in [-0.2, 0) is 4.79 Å². The van der Waals surface area contributed by atoms with Crippen LogP contribution in [0.25, 0.3) is 0 Å². The molecule has 0 unspecified atom stereocenters. The van der Waals surface area contributed by atoms with Crippen molar-refractivity contribution in [3.63, 3.8) is 0 Å². The highest BCUT2D eigenvalue weighted by molar-refractivity contribution is 6.33. The molecule has 0 aliphatic rings. The van der Waals surface area contributed by atoms with Crippen molar-refractivity contribution in [1.29, 1.82) is 0 Å². The molecule has 0 radical (unpaired) electrons. The second kappa shape index (κ2) is 10.6. The lowest BCUT2D eigenvalue weighted by atomic mass is 10.2. The lowest BCUT2D eigenvalue weighted by Gasteiger charge is -2.09. The van der Waals surface area contributed by atoms with Crippen LogP contribution in [0.4, 0.5) is 5.69 Å². The maximum Gasteiger partial charge on any atom is 0.345 e. The molecule has 0 aliphatic heterocycles. The summed E-state index contributed by atoms with van der Waals surface area (Å²) >= 11 is 12.1. The molecule has 0 heterocycles. The van der Waals surface area contributed by atoms with Gasteiger partial charge in [0.05, 0.1) is 16.8 Å². The molecule has 0 saturated heterocycles. The SMILES string of the molecule is CC(=O)Nc1ccc(C(=O)N/N=C/c2cc(Cl)ccc2OC(=O)c2ccccc2Cl)cc1. The van der Waals surface area contributed by atoms with E-state index in [4.69, 9.17) is 27.9 Å². The third kappa shape index (κ3) is 6.16. The van der Waals surface area contributed by atoms with Crippen molar-refractivity contribution >= 4 is 52.9 Å². The number of hydrazone groups is 1. The number of anilines is 1. The van der Waals surface area contributed by atoms with Gasteiger partial charge in [0.15, 0.2) is 0 Å². The van der Waals surface area contributed by atoms with Gasteiger partial charge in [-0.05, 0) is 54.6 Å². The molecule has 2 N–H and O–H groups in total. The first-order valence-corrected chi connectivity index (χ1v) is 10.1. The molecule has 3 aromatic carbocycles. The molecule has 3 rings (SSSR count). The molecular weight excluding hydrogens is 453 g/mol. The van der Waals surface area contributed by atoms with Gasteiger partial charge in [-0.2, -0.15) is 5.10 Å². The van der Waals surface area contributed by atoms with Gasteiger partial charge in [0.25, 0.3) is 5.91 Å². The van der Waals surface area contributed by atoms with Gasteiger partial charge in [0.2, 0.25) is 5.91 Å². The van der Waals surface area contributed by atoms with Crippen molar-refractivity contribution < 1.29 is 19.1 Å². The average molecular weight is 470 g/mol. The smallest absolute Gasteiger partial charge is 0.345 e. The summed E-state index contributed by atoms with van der Waals surface area (Å²) in [7, 11) is 0. The van der Waals surface area contributed by atoms with Gasteiger partial charge in [-0.25, -0.2) is 10.2 Å². The minimum atomic E-state index is -0.643. The number of rotatable bonds is 6.